The Bertz CT molecular complexity index is 460. The molecule has 1 saturated heterocycles. The summed E-state index contributed by atoms with van der Waals surface area (Å²) in [6, 6.07) is 0.526. The summed E-state index contributed by atoms with van der Waals surface area (Å²) < 4.78 is 2.02. The van der Waals surface area contributed by atoms with E-state index in [-0.39, 0.29) is 11.9 Å². The van der Waals surface area contributed by atoms with Gasteiger partial charge in [0, 0.05) is 31.9 Å². The molecule has 0 bridgehead atoms. The van der Waals surface area contributed by atoms with E-state index in [4.69, 9.17) is 0 Å². The predicted molar refractivity (Wildman–Crippen MR) is 77.2 cm³/mol. The fraction of sp³-hybridized carbons (Fsp3) is 0.733. The van der Waals surface area contributed by atoms with E-state index in [1.54, 1.807) is 6.33 Å². The summed E-state index contributed by atoms with van der Waals surface area (Å²) >= 11 is 0. The first-order valence-electron chi connectivity index (χ1n) is 7.78. The molecule has 1 aliphatic carbocycles. The summed E-state index contributed by atoms with van der Waals surface area (Å²) in [5.74, 6) is 0.232. The Morgan fingerprint density at radius 1 is 1.40 bits per heavy atom. The van der Waals surface area contributed by atoms with Crippen molar-refractivity contribution in [1.29, 1.82) is 0 Å². The van der Waals surface area contributed by atoms with Crippen LogP contribution in [0.1, 0.15) is 50.8 Å². The summed E-state index contributed by atoms with van der Waals surface area (Å²) in [4.78, 5) is 18.8. The molecule has 3 rings (SSSR count). The van der Waals surface area contributed by atoms with Crippen LogP contribution in [0.25, 0.3) is 0 Å². The fourth-order valence-corrected chi connectivity index (χ4v) is 2.85. The highest BCUT2D eigenvalue weighted by molar-refractivity contribution is 5.80. The van der Waals surface area contributed by atoms with Gasteiger partial charge in [0.2, 0.25) is 5.91 Å². The van der Waals surface area contributed by atoms with Crippen molar-refractivity contribution in [3.05, 3.63) is 18.2 Å². The van der Waals surface area contributed by atoms with Gasteiger partial charge in [-0.2, -0.15) is 0 Å². The Kier molecular flexibility index (Phi) is 4.05. The number of piperidine rings is 1. The number of nitrogens with one attached hydrogen (secondary N) is 1. The number of aromatic nitrogens is 2. The van der Waals surface area contributed by atoms with Crippen LogP contribution in [0.2, 0.25) is 0 Å². The van der Waals surface area contributed by atoms with E-state index in [1.807, 2.05) is 22.6 Å². The average molecular weight is 276 g/mol. The molecule has 0 radical (unpaired) electrons. The van der Waals surface area contributed by atoms with Crippen LogP contribution in [-0.4, -0.2) is 39.5 Å². The van der Waals surface area contributed by atoms with Gasteiger partial charge in [-0.05, 0) is 39.0 Å². The van der Waals surface area contributed by atoms with Crippen molar-refractivity contribution < 1.29 is 4.79 Å². The first-order valence-corrected chi connectivity index (χ1v) is 7.78. The van der Waals surface area contributed by atoms with E-state index in [0.29, 0.717) is 6.04 Å². The quantitative estimate of drug-likeness (QED) is 0.890. The van der Waals surface area contributed by atoms with E-state index >= 15 is 0 Å². The normalized spacial score (nSPS) is 20.9. The van der Waals surface area contributed by atoms with Gasteiger partial charge in [0.25, 0.3) is 0 Å². The molecular formula is C15H24N4O. The number of carbonyl (C=O) groups excluding carboxylic acids is 1. The molecule has 1 aromatic rings. The number of amides is 1. The minimum absolute atomic E-state index is 0.147. The molecule has 2 fully saturated rings. The molecule has 2 heterocycles. The van der Waals surface area contributed by atoms with Gasteiger partial charge in [-0.15, -0.1) is 0 Å². The van der Waals surface area contributed by atoms with E-state index < -0.39 is 0 Å². The SMILES string of the molecule is CC(C(=O)N1CCCCC1)n1cncc1CNC1CC1. The third-order valence-electron chi connectivity index (χ3n) is 4.34. The smallest absolute Gasteiger partial charge is 0.245 e. The maximum absolute atomic E-state index is 12.6. The molecule has 0 spiro atoms. The first kappa shape index (κ1) is 13.6. The van der Waals surface area contributed by atoms with Crippen LogP contribution in [0.5, 0.6) is 0 Å². The lowest BCUT2D eigenvalue weighted by Crippen LogP contribution is -2.40. The second-order valence-corrected chi connectivity index (χ2v) is 6.01. The highest BCUT2D eigenvalue weighted by Gasteiger charge is 2.25. The van der Waals surface area contributed by atoms with Crippen molar-refractivity contribution in [3.8, 4) is 0 Å². The highest BCUT2D eigenvalue weighted by Crippen LogP contribution is 2.21. The standard InChI is InChI=1S/C15H24N4O/c1-12(15(20)18-7-3-2-4-8-18)19-11-16-9-14(19)10-17-13-5-6-13/h9,11-13,17H,2-8,10H2,1H3. The molecule has 1 amide bonds. The third-order valence-corrected chi connectivity index (χ3v) is 4.34. The lowest BCUT2D eigenvalue weighted by atomic mass is 10.1. The molecule has 1 unspecified atom stereocenters. The topological polar surface area (TPSA) is 50.2 Å². The van der Waals surface area contributed by atoms with Gasteiger partial charge in [-0.25, -0.2) is 4.98 Å². The largest absolute Gasteiger partial charge is 0.341 e. The summed E-state index contributed by atoms with van der Waals surface area (Å²) in [6.07, 6.45) is 9.73. The summed E-state index contributed by atoms with van der Waals surface area (Å²) in [5, 5.41) is 3.49. The van der Waals surface area contributed by atoms with Gasteiger partial charge in [-0.3, -0.25) is 4.79 Å². The number of hydrogen-bond donors (Lipinski definition) is 1. The zero-order chi connectivity index (χ0) is 13.9. The second kappa shape index (κ2) is 5.95. The van der Waals surface area contributed by atoms with Crippen LogP contribution in [-0.2, 0) is 11.3 Å². The molecule has 1 atom stereocenters. The van der Waals surface area contributed by atoms with E-state index in [1.165, 1.54) is 19.3 Å². The van der Waals surface area contributed by atoms with Gasteiger partial charge in [0.05, 0.1) is 12.0 Å². The van der Waals surface area contributed by atoms with Crippen molar-refractivity contribution in [2.45, 2.75) is 57.7 Å². The van der Waals surface area contributed by atoms with Crippen LogP contribution in [0.3, 0.4) is 0 Å². The van der Waals surface area contributed by atoms with Crippen LogP contribution < -0.4 is 5.32 Å². The van der Waals surface area contributed by atoms with Gasteiger partial charge in [-0.1, -0.05) is 0 Å². The highest BCUT2D eigenvalue weighted by atomic mass is 16.2. The Morgan fingerprint density at radius 2 is 2.15 bits per heavy atom. The molecule has 5 nitrogen and oxygen atoms in total. The van der Waals surface area contributed by atoms with Crippen LogP contribution >= 0.6 is 0 Å². The number of rotatable bonds is 5. The third kappa shape index (κ3) is 3.03. The van der Waals surface area contributed by atoms with E-state index in [0.717, 1.165) is 38.2 Å². The molecular weight excluding hydrogens is 252 g/mol. The summed E-state index contributed by atoms with van der Waals surface area (Å²) in [5.41, 5.74) is 1.11. The monoisotopic (exact) mass is 276 g/mol. The fourth-order valence-electron chi connectivity index (χ4n) is 2.85. The van der Waals surface area contributed by atoms with Gasteiger partial charge in [0.15, 0.2) is 0 Å². The Labute approximate surface area is 120 Å². The van der Waals surface area contributed by atoms with Crippen molar-refractivity contribution in [1.82, 2.24) is 19.8 Å². The lowest BCUT2D eigenvalue weighted by Gasteiger charge is -2.30. The summed E-state index contributed by atoms with van der Waals surface area (Å²) in [7, 11) is 0. The summed E-state index contributed by atoms with van der Waals surface area (Å²) in [6.45, 7) is 4.61. The van der Waals surface area contributed by atoms with Crippen molar-refractivity contribution >= 4 is 5.91 Å². The Hall–Kier alpha value is -1.36. The van der Waals surface area contributed by atoms with Crippen molar-refractivity contribution in [3.63, 3.8) is 0 Å². The molecule has 1 N–H and O–H groups in total. The van der Waals surface area contributed by atoms with Gasteiger partial charge >= 0.3 is 0 Å². The van der Waals surface area contributed by atoms with Crippen LogP contribution in [0.4, 0.5) is 0 Å². The Morgan fingerprint density at radius 3 is 2.85 bits per heavy atom. The molecule has 0 aromatic carbocycles. The van der Waals surface area contributed by atoms with Crippen LogP contribution in [0, 0.1) is 0 Å². The molecule has 2 aliphatic rings. The average Bonchev–Trinajstić information content (AvgIpc) is 3.21. The molecule has 1 saturated carbocycles. The minimum Gasteiger partial charge on any atom is -0.341 e. The molecule has 5 heteroatoms. The number of likely N-dealkylation sites (tertiary alicyclic amines) is 1. The molecule has 1 aliphatic heterocycles. The zero-order valence-corrected chi connectivity index (χ0v) is 12.2. The van der Waals surface area contributed by atoms with Crippen molar-refractivity contribution in [2.24, 2.45) is 0 Å². The predicted octanol–water partition coefficient (Wildman–Crippen LogP) is 1.71. The molecule has 110 valence electrons. The number of carbonyl (C=O) groups is 1. The van der Waals surface area contributed by atoms with Crippen molar-refractivity contribution in [2.75, 3.05) is 13.1 Å². The minimum atomic E-state index is -0.147. The second-order valence-electron chi connectivity index (χ2n) is 6.01. The van der Waals surface area contributed by atoms with Gasteiger partial charge in [0.1, 0.15) is 6.04 Å². The number of hydrogen-bond acceptors (Lipinski definition) is 3. The lowest BCUT2D eigenvalue weighted by molar-refractivity contribution is -0.135. The number of nitrogens with zero attached hydrogens (tertiary/aromatic N) is 3. The van der Waals surface area contributed by atoms with Crippen LogP contribution in [0.15, 0.2) is 12.5 Å². The maximum Gasteiger partial charge on any atom is 0.245 e. The van der Waals surface area contributed by atoms with Gasteiger partial charge < -0.3 is 14.8 Å². The molecule has 1 aromatic heterocycles. The van der Waals surface area contributed by atoms with E-state index in [9.17, 15) is 4.79 Å². The molecule has 20 heavy (non-hydrogen) atoms. The Balaban J connectivity index is 1.64. The van der Waals surface area contributed by atoms with E-state index in [2.05, 4.69) is 10.3 Å². The first-order chi connectivity index (χ1) is 9.75. The zero-order valence-electron chi connectivity index (χ0n) is 12.2. The number of imidazole rings is 1. The maximum atomic E-state index is 12.6.